The molecule has 0 N–H and O–H groups in total. The van der Waals surface area contributed by atoms with Gasteiger partial charge in [-0.05, 0) is 11.6 Å². The number of hydrogen-bond acceptors (Lipinski definition) is 5. The highest BCUT2D eigenvalue weighted by molar-refractivity contribution is 6.28. The van der Waals surface area contributed by atoms with Gasteiger partial charge in [-0.1, -0.05) is 0 Å². The first-order chi connectivity index (χ1) is 8.18. The van der Waals surface area contributed by atoms with Crippen LogP contribution in [0.4, 0.5) is 11.5 Å². The molecule has 2 aliphatic rings. The molecule has 1 saturated heterocycles. The van der Waals surface area contributed by atoms with Crippen molar-refractivity contribution in [2.75, 3.05) is 36.6 Å². The van der Waals surface area contributed by atoms with Crippen molar-refractivity contribution < 1.29 is 9.53 Å². The lowest BCUT2D eigenvalue weighted by atomic mass is 10.1. The Morgan fingerprint density at radius 2 is 2.41 bits per heavy atom. The van der Waals surface area contributed by atoms with E-state index in [0.717, 1.165) is 0 Å². The van der Waals surface area contributed by atoms with Crippen molar-refractivity contribution in [2.45, 2.75) is 6.04 Å². The molecule has 0 aliphatic carbocycles. The molecule has 6 nitrogen and oxygen atoms in total. The van der Waals surface area contributed by atoms with Crippen LogP contribution in [0.5, 0.6) is 0 Å². The van der Waals surface area contributed by atoms with Crippen LogP contribution in [-0.4, -0.2) is 48.7 Å². The fraction of sp³-hybridized carbons (Fsp3) is 0.500. The summed E-state index contributed by atoms with van der Waals surface area (Å²) in [6, 6.07) is -0.299. The number of halogens is 1. The predicted molar refractivity (Wildman–Crippen MR) is 62.4 cm³/mol. The van der Waals surface area contributed by atoms with Crippen LogP contribution in [0.3, 0.4) is 0 Å². The second-order valence-corrected chi connectivity index (χ2v) is 4.37. The zero-order valence-electron chi connectivity index (χ0n) is 9.26. The molecular weight excluding hydrogens is 244 g/mol. The minimum absolute atomic E-state index is 0.00289. The number of aromatic nitrogens is 2. The van der Waals surface area contributed by atoms with E-state index in [1.807, 2.05) is 4.90 Å². The Morgan fingerprint density at radius 1 is 1.59 bits per heavy atom. The van der Waals surface area contributed by atoms with Gasteiger partial charge in [0.05, 0.1) is 19.4 Å². The summed E-state index contributed by atoms with van der Waals surface area (Å²) in [4.78, 5) is 23.8. The van der Waals surface area contributed by atoms with Gasteiger partial charge in [-0.2, -0.15) is 4.98 Å². The summed E-state index contributed by atoms with van der Waals surface area (Å²) in [6.45, 7) is 1.63. The lowest BCUT2D eigenvalue weighted by Gasteiger charge is -2.42. The molecule has 17 heavy (non-hydrogen) atoms. The van der Waals surface area contributed by atoms with Gasteiger partial charge < -0.3 is 14.5 Å². The summed E-state index contributed by atoms with van der Waals surface area (Å²) in [5.41, 5.74) is 0.692. The minimum Gasteiger partial charge on any atom is -0.377 e. The molecule has 1 amide bonds. The topological polar surface area (TPSA) is 58.6 Å². The van der Waals surface area contributed by atoms with E-state index in [2.05, 4.69) is 9.97 Å². The van der Waals surface area contributed by atoms with Crippen LogP contribution in [0.2, 0.25) is 5.28 Å². The van der Waals surface area contributed by atoms with Crippen LogP contribution in [-0.2, 0) is 9.53 Å². The summed E-state index contributed by atoms with van der Waals surface area (Å²) in [5, 5.41) is 0.191. The minimum atomic E-state index is -0.299. The van der Waals surface area contributed by atoms with Crippen LogP contribution in [0.15, 0.2) is 6.20 Å². The molecule has 0 aromatic carbocycles. The van der Waals surface area contributed by atoms with E-state index in [-0.39, 0.29) is 17.2 Å². The summed E-state index contributed by atoms with van der Waals surface area (Å²) in [7, 11) is 1.71. The number of ether oxygens (including phenoxy) is 1. The van der Waals surface area contributed by atoms with Crippen LogP contribution >= 0.6 is 11.6 Å². The van der Waals surface area contributed by atoms with Gasteiger partial charge in [0.2, 0.25) is 5.28 Å². The number of fused-ring (bicyclic) bond motifs is 3. The van der Waals surface area contributed by atoms with E-state index >= 15 is 0 Å². The first kappa shape index (κ1) is 10.7. The first-order valence-electron chi connectivity index (χ1n) is 5.33. The summed E-state index contributed by atoms with van der Waals surface area (Å²) in [6.07, 6.45) is 1.58. The van der Waals surface area contributed by atoms with Crippen LogP contribution < -0.4 is 9.80 Å². The summed E-state index contributed by atoms with van der Waals surface area (Å²) >= 11 is 5.81. The third kappa shape index (κ3) is 1.56. The Bertz CT molecular complexity index is 481. The molecule has 3 rings (SSSR count). The molecule has 90 valence electrons. The number of anilines is 2. The number of nitrogens with zero attached hydrogens (tertiary/aromatic N) is 4. The smallest absolute Gasteiger partial charge is 0.252 e. The molecule has 2 aliphatic heterocycles. The van der Waals surface area contributed by atoms with E-state index in [0.29, 0.717) is 31.3 Å². The van der Waals surface area contributed by atoms with E-state index in [1.54, 1.807) is 18.1 Å². The maximum Gasteiger partial charge on any atom is 0.252 e. The lowest BCUT2D eigenvalue weighted by molar-refractivity contribution is -0.122. The molecule has 1 aromatic heterocycles. The molecule has 1 fully saturated rings. The van der Waals surface area contributed by atoms with Gasteiger partial charge in [-0.25, -0.2) is 4.98 Å². The number of rotatable bonds is 0. The second kappa shape index (κ2) is 3.82. The van der Waals surface area contributed by atoms with Crippen molar-refractivity contribution in [1.29, 1.82) is 0 Å². The molecule has 7 heteroatoms. The van der Waals surface area contributed by atoms with Gasteiger partial charge in [-0.3, -0.25) is 4.79 Å². The molecule has 0 bridgehead atoms. The summed E-state index contributed by atoms with van der Waals surface area (Å²) < 4.78 is 5.34. The van der Waals surface area contributed by atoms with Gasteiger partial charge >= 0.3 is 0 Å². The van der Waals surface area contributed by atoms with E-state index in [1.165, 1.54) is 0 Å². The number of carbonyl (C=O) groups excluding carboxylic acids is 1. The summed E-state index contributed by atoms with van der Waals surface area (Å²) in [5.74, 6) is 0.712. The quantitative estimate of drug-likeness (QED) is 0.624. The molecule has 3 heterocycles. The Kier molecular flexibility index (Phi) is 2.41. The van der Waals surface area contributed by atoms with Crippen LogP contribution in [0, 0.1) is 0 Å². The molecule has 1 unspecified atom stereocenters. The molecule has 1 atom stereocenters. The van der Waals surface area contributed by atoms with Gasteiger partial charge in [0.15, 0.2) is 5.82 Å². The third-order valence-corrected chi connectivity index (χ3v) is 3.28. The Hall–Kier alpha value is -1.40. The highest BCUT2D eigenvalue weighted by Crippen LogP contribution is 2.34. The average Bonchev–Trinajstić information content (AvgIpc) is 2.36. The molecule has 0 spiro atoms. The number of likely N-dealkylation sites (N-methyl/N-ethyl adjacent to an activating group) is 1. The lowest BCUT2D eigenvalue weighted by Crippen LogP contribution is -2.58. The maximum absolute atomic E-state index is 12.1. The van der Waals surface area contributed by atoms with Crippen molar-refractivity contribution in [3.63, 3.8) is 0 Å². The SMILES string of the molecule is CN1C(=O)C2COCCN2c2nc(Cl)ncc21. The molecular formula is C10H11ClN4O2. The van der Waals surface area contributed by atoms with Crippen molar-refractivity contribution in [3.05, 3.63) is 11.5 Å². The van der Waals surface area contributed by atoms with Gasteiger partial charge in [-0.15, -0.1) is 0 Å². The van der Waals surface area contributed by atoms with Gasteiger partial charge in [0, 0.05) is 13.6 Å². The van der Waals surface area contributed by atoms with Crippen molar-refractivity contribution in [2.24, 2.45) is 0 Å². The Morgan fingerprint density at radius 3 is 3.24 bits per heavy atom. The average molecular weight is 255 g/mol. The number of amides is 1. The Labute approximate surface area is 103 Å². The fourth-order valence-corrected chi connectivity index (χ4v) is 2.33. The second-order valence-electron chi connectivity index (χ2n) is 4.03. The molecule has 0 radical (unpaired) electrons. The normalized spacial score (nSPS) is 23.4. The number of morpholine rings is 1. The maximum atomic E-state index is 12.1. The van der Waals surface area contributed by atoms with E-state index in [4.69, 9.17) is 16.3 Å². The van der Waals surface area contributed by atoms with Gasteiger partial charge in [0.25, 0.3) is 5.91 Å². The van der Waals surface area contributed by atoms with Crippen LogP contribution in [0.25, 0.3) is 0 Å². The van der Waals surface area contributed by atoms with Crippen molar-refractivity contribution in [1.82, 2.24) is 9.97 Å². The third-order valence-electron chi connectivity index (χ3n) is 3.10. The number of hydrogen-bond donors (Lipinski definition) is 0. The zero-order chi connectivity index (χ0) is 12.0. The standard InChI is InChI=1S/C10H11ClN4O2/c1-14-6-4-12-10(11)13-8(6)15-2-3-17-5-7(15)9(14)16/h4,7H,2-3,5H2,1H3. The first-order valence-corrected chi connectivity index (χ1v) is 5.71. The predicted octanol–water partition coefficient (Wildman–Crippen LogP) is 0.312. The largest absolute Gasteiger partial charge is 0.377 e. The highest BCUT2D eigenvalue weighted by atomic mass is 35.5. The van der Waals surface area contributed by atoms with E-state index in [9.17, 15) is 4.79 Å². The monoisotopic (exact) mass is 254 g/mol. The van der Waals surface area contributed by atoms with Crippen molar-refractivity contribution in [3.8, 4) is 0 Å². The zero-order valence-corrected chi connectivity index (χ0v) is 10.0. The Balaban J connectivity index is 2.13. The fourth-order valence-electron chi connectivity index (χ4n) is 2.20. The highest BCUT2D eigenvalue weighted by Gasteiger charge is 2.39. The molecule has 1 aromatic rings. The van der Waals surface area contributed by atoms with E-state index < -0.39 is 0 Å². The number of carbonyl (C=O) groups is 1. The van der Waals surface area contributed by atoms with Gasteiger partial charge in [0.1, 0.15) is 11.7 Å². The van der Waals surface area contributed by atoms with Crippen molar-refractivity contribution >= 4 is 29.0 Å². The van der Waals surface area contributed by atoms with Crippen LogP contribution in [0.1, 0.15) is 0 Å². The molecule has 0 saturated carbocycles.